The van der Waals surface area contributed by atoms with Crippen LogP contribution in [-0.4, -0.2) is 41.6 Å². The Morgan fingerprint density at radius 2 is 1.17 bits per heavy atom. The smallest absolute Gasteiger partial charge is 0.255 e. The lowest BCUT2D eigenvalue weighted by Gasteiger charge is -2.15. The number of rotatable bonds is 13. The van der Waals surface area contributed by atoms with E-state index in [0.29, 0.717) is 58.7 Å². The van der Waals surface area contributed by atoms with Crippen LogP contribution in [0.2, 0.25) is 0 Å². The molecule has 0 unspecified atom stereocenters. The van der Waals surface area contributed by atoms with Crippen LogP contribution in [0.5, 0.6) is 0 Å². The van der Waals surface area contributed by atoms with Crippen LogP contribution in [0.25, 0.3) is 43.4 Å². The summed E-state index contributed by atoms with van der Waals surface area (Å²) in [7, 11) is 1.99. The molecule has 0 aliphatic carbocycles. The average Bonchev–Trinajstić information content (AvgIpc) is 3.32. The molecule has 2 heterocycles. The van der Waals surface area contributed by atoms with Crippen LogP contribution in [0.1, 0.15) is 59.8 Å². The SMILES string of the molecule is C[n+]1cccc2cc(NC(=O)c3ccc4ccc5c(NCCCCNC(=O)c6ccc(C(=O)c7ccccc7)cc6)cc(C(=O)Nc6ccc7ncccc7c6)cc5c4c3)ccc21. The lowest BCUT2D eigenvalue weighted by molar-refractivity contribution is -0.644. The molecule has 10 heteroatoms. The fraction of sp³-hybridized carbons (Fsp3) is 0.0943. The van der Waals surface area contributed by atoms with Crippen LogP contribution in [-0.2, 0) is 7.05 Å². The molecule has 3 amide bonds. The molecule has 9 rings (SSSR count). The van der Waals surface area contributed by atoms with Gasteiger partial charge in [-0.3, -0.25) is 24.2 Å². The molecule has 0 aliphatic heterocycles. The molecule has 0 spiro atoms. The van der Waals surface area contributed by atoms with E-state index in [0.717, 1.165) is 55.5 Å². The molecular formula is C53H43N6O4+. The number of benzene rings is 7. The molecule has 63 heavy (non-hydrogen) atoms. The van der Waals surface area contributed by atoms with Gasteiger partial charge in [-0.05, 0) is 108 Å². The molecule has 7 aromatic carbocycles. The van der Waals surface area contributed by atoms with Crippen molar-refractivity contribution in [3.63, 3.8) is 0 Å². The van der Waals surface area contributed by atoms with E-state index in [1.165, 1.54) is 0 Å². The summed E-state index contributed by atoms with van der Waals surface area (Å²) in [5.41, 5.74) is 6.54. The molecule has 2 aromatic heterocycles. The van der Waals surface area contributed by atoms with Crippen LogP contribution in [0.15, 0.2) is 170 Å². The number of carbonyl (C=O) groups is 4. The van der Waals surface area contributed by atoms with Gasteiger partial charge in [0.2, 0.25) is 5.52 Å². The van der Waals surface area contributed by atoms with Gasteiger partial charge in [0.1, 0.15) is 7.05 Å². The number of nitrogens with zero attached hydrogens (tertiary/aromatic N) is 2. The summed E-state index contributed by atoms with van der Waals surface area (Å²) in [6.07, 6.45) is 5.16. The molecule has 0 saturated heterocycles. The number of aryl methyl sites for hydroxylation is 1. The van der Waals surface area contributed by atoms with Crippen LogP contribution in [0, 0.1) is 0 Å². The minimum absolute atomic E-state index is 0.0932. The highest BCUT2D eigenvalue weighted by atomic mass is 16.2. The van der Waals surface area contributed by atoms with Crippen molar-refractivity contribution in [1.82, 2.24) is 10.3 Å². The number of anilines is 3. The van der Waals surface area contributed by atoms with Crippen LogP contribution < -0.4 is 25.8 Å². The van der Waals surface area contributed by atoms with Crippen molar-refractivity contribution in [3.05, 3.63) is 198 Å². The number of ketones is 1. The maximum atomic E-state index is 14.0. The van der Waals surface area contributed by atoms with E-state index < -0.39 is 0 Å². The summed E-state index contributed by atoms with van der Waals surface area (Å²) in [5.74, 6) is -0.822. The fourth-order valence-electron chi connectivity index (χ4n) is 7.89. The molecule has 0 bridgehead atoms. The molecule has 0 atom stereocenters. The third kappa shape index (κ3) is 8.82. The molecule has 0 aliphatic rings. The normalized spacial score (nSPS) is 11.1. The van der Waals surface area contributed by atoms with Gasteiger partial charge in [-0.2, -0.15) is 0 Å². The number of carbonyl (C=O) groups excluding carboxylic acids is 4. The standard InChI is InChI=1S/C53H42N6O4/c1-59-28-8-12-39-30-43(21-24-49(39)59)57-52(62)40-18-13-34-19-22-44-46(45(34)31-40)32-41(53(63)58-42-20-23-47-38(29-42)11-7-27-54-47)33-48(44)55-25-5-6-26-56-51(61)37-16-14-36(15-17-37)50(60)35-9-3-2-4-10-35/h2-4,7-24,27-33H,5-6,25-26H2,1H3,(H3-,55,56,57,58,61,62,63)/p+1. The quantitative estimate of drug-likeness (QED) is 0.0396. The topological polar surface area (TPSA) is 133 Å². The highest BCUT2D eigenvalue weighted by Crippen LogP contribution is 2.33. The summed E-state index contributed by atoms with van der Waals surface area (Å²) in [6.45, 7) is 1.04. The predicted molar refractivity (Wildman–Crippen MR) is 251 cm³/mol. The van der Waals surface area contributed by atoms with E-state index in [-0.39, 0.29) is 23.5 Å². The number of fused-ring (bicyclic) bond motifs is 5. The first-order chi connectivity index (χ1) is 30.8. The monoisotopic (exact) mass is 827 g/mol. The number of hydrogen-bond donors (Lipinski definition) is 4. The zero-order valence-electron chi connectivity index (χ0n) is 34.5. The van der Waals surface area contributed by atoms with E-state index in [2.05, 4.69) is 26.3 Å². The van der Waals surface area contributed by atoms with Gasteiger partial charge >= 0.3 is 0 Å². The van der Waals surface area contributed by atoms with Gasteiger partial charge in [0.25, 0.3) is 17.7 Å². The summed E-state index contributed by atoms with van der Waals surface area (Å²) in [5, 5.41) is 18.1. The summed E-state index contributed by atoms with van der Waals surface area (Å²) in [6, 6.07) is 48.4. The van der Waals surface area contributed by atoms with Crippen LogP contribution in [0.4, 0.5) is 17.1 Å². The molecule has 0 radical (unpaired) electrons. The van der Waals surface area contributed by atoms with Gasteiger partial charge in [-0.15, -0.1) is 0 Å². The Labute approximate surface area is 363 Å². The van der Waals surface area contributed by atoms with Gasteiger partial charge in [0.05, 0.1) is 5.52 Å². The van der Waals surface area contributed by atoms with Crippen molar-refractivity contribution in [2.45, 2.75) is 12.8 Å². The van der Waals surface area contributed by atoms with Crippen molar-refractivity contribution in [2.75, 3.05) is 29.0 Å². The molecule has 9 aromatic rings. The van der Waals surface area contributed by atoms with Gasteiger partial charge in [-0.1, -0.05) is 66.7 Å². The highest BCUT2D eigenvalue weighted by molar-refractivity contribution is 6.18. The second kappa shape index (κ2) is 17.8. The van der Waals surface area contributed by atoms with Crippen molar-refractivity contribution in [3.8, 4) is 0 Å². The molecule has 0 saturated carbocycles. The minimum atomic E-state index is -0.279. The molecule has 308 valence electrons. The van der Waals surface area contributed by atoms with Gasteiger partial charge < -0.3 is 21.3 Å². The summed E-state index contributed by atoms with van der Waals surface area (Å²) >= 11 is 0. The maximum absolute atomic E-state index is 14.0. The largest absolute Gasteiger partial charge is 0.385 e. The Bertz CT molecular complexity index is 3220. The zero-order chi connectivity index (χ0) is 43.3. The second-order valence-electron chi connectivity index (χ2n) is 15.5. The van der Waals surface area contributed by atoms with Gasteiger partial charge in [0.15, 0.2) is 12.0 Å². The lowest BCUT2D eigenvalue weighted by Crippen LogP contribution is -2.27. The number of hydrogen-bond acceptors (Lipinski definition) is 6. The van der Waals surface area contributed by atoms with E-state index in [1.54, 1.807) is 42.6 Å². The maximum Gasteiger partial charge on any atom is 0.255 e. The summed E-state index contributed by atoms with van der Waals surface area (Å²) < 4.78 is 2.03. The first-order valence-corrected chi connectivity index (χ1v) is 20.9. The Morgan fingerprint density at radius 1 is 0.508 bits per heavy atom. The molecule has 4 N–H and O–H groups in total. The van der Waals surface area contributed by atoms with Crippen molar-refractivity contribution in [1.29, 1.82) is 0 Å². The third-order valence-corrected chi connectivity index (χ3v) is 11.2. The van der Waals surface area contributed by atoms with Crippen molar-refractivity contribution >= 4 is 83.9 Å². The Kier molecular flexibility index (Phi) is 11.3. The Hall–Kier alpha value is -8.24. The van der Waals surface area contributed by atoms with Gasteiger partial charge in [0, 0.05) is 92.5 Å². The van der Waals surface area contributed by atoms with Crippen LogP contribution in [0.3, 0.4) is 0 Å². The Balaban J connectivity index is 0.926. The first-order valence-electron chi connectivity index (χ1n) is 20.9. The van der Waals surface area contributed by atoms with E-state index in [4.69, 9.17) is 0 Å². The number of aromatic nitrogens is 2. The number of unbranched alkanes of at least 4 members (excludes halogenated alkanes) is 1. The molecule has 0 fully saturated rings. The van der Waals surface area contributed by atoms with E-state index >= 15 is 0 Å². The zero-order valence-corrected chi connectivity index (χ0v) is 34.5. The average molecular weight is 828 g/mol. The molecule has 10 nitrogen and oxygen atoms in total. The van der Waals surface area contributed by atoms with Crippen LogP contribution >= 0.6 is 0 Å². The predicted octanol–water partition coefficient (Wildman–Crippen LogP) is 9.88. The van der Waals surface area contributed by atoms with Crippen molar-refractivity contribution < 1.29 is 23.7 Å². The Morgan fingerprint density at radius 3 is 2.00 bits per heavy atom. The summed E-state index contributed by atoms with van der Waals surface area (Å²) in [4.78, 5) is 57.9. The minimum Gasteiger partial charge on any atom is -0.385 e. The van der Waals surface area contributed by atoms with E-state index in [9.17, 15) is 19.2 Å². The molecular weight excluding hydrogens is 785 g/mol. The fourth-order valence-corrected chi connectivity index (χ4v) is 7.89. The highest BCUT2D eigenvalue weighted by Gasteiger charge is 2.17. The number of nitrogens with one attached hydrogen (secondary N) is 4. The third-order valence-electron chi connectivity index (χ3n) is 11.2. The van der Waals surface area contributed by atoms with E-state index in [1.807, 2.05) is 139 Å². The van der Waals surface area contributed by atoms with Crippen molar-refractivity contribution in [2.24, 2.45) is 7.05 Å². The number of pyridine rings is 2. The lowest BCUT2D eigenvalue weighted by atomic mass is 9.96. The van der Waals surface area contributed by atoms with Gasteiger partial charge in [-0.25, -0.2) is 4.57 Å². The second-order valence-corrected chi connectivity index (χ2v) is 15.5. The number of amides is 3. The first kappa shape index (κ1) is 40.2.